The van der Waals surface area contributed by atoms with Gasteiger partial charge in [0.05, 0.1) is 0 Å². The van der Waals surface area contributed by atoms with Gasteiger partial charge >= 0.3 is 0 Å². The molecule has 1 rings (SSSR count). The van der Waals surface area contributed by atoms with Crippen molar-refractivity contribution in [3.05, 3.63) is 0 Å². The topological polar surface area (TPSA) is 49.5 Å². The molecule has 2 unspecified atom stereocenters. The molecule has 0 aromatic carbocycles. The van der Waals surface area contributed by atoms with Crippen LogP contribution < -0.4 is 5.73 Å². The Labute approximate surface area is 113 Å². The molecular formula is C15H32N2O. The summed E-state index contributed by atoms with van der Waals surface area (Å²) in [6.07, 6.45) is 4.51. The summed E-state index contributed by atoms with van der Waals surface area (Å²) in [5, 5.41) is 8.99. The second-order valence-electron chi connectivity index (χ2n) is 7.00. The third-order valence-electron chi connectivity index (χ3n) is 4.38. The standard InChI is InChI=1S/C15H32N2O/c1-12(2)17(8-5-9-18)11-13-10-15(3,4)7-6-14(13)16/h12-14,18H,5-11,16H2,1-4H3. The molecule has 1 aliphatic rings. The Bertz CT molecular complexity index is 241. The van der Waals surface area contributed by atoms with Crippen LogP contribution in [0.1, 0.15) is 53.4 Å². The second-order valence-corrected chi connectivity index (χ2v) is 7.00. The number of aliphatic hydroxyl groups is 1. The van der Waals surface area contributed by atoms with Crippen molar-refractivity contribution in [2.45, 2.75) is 65.5 Å². The third kappa shape index (κ3) is 4.87. The van der Waals surface area contributed by atoms with E-state index < -0.39 is 0 Å². The van der Waals surface area contributed by atoms with E-state index in [4.69, 9.17) is 10.8 Å². The van der Waals surface area contributed by atoms with E-state index in [0.29, 0.717) is 23.4 Å². The molecule has 0 aliphatic heterocycles. The van der Waals surface area contributed by atoms with Crippen LogP contribution in [0.5, 0.6) is 0 Å². The van der Waals surface area contributed by atoms with Gasteiger partial charge in [0.25, 0.3) is 0 Å². The van der Waals surface area contributed by atoms with E-state index in [1.807, 2.05) is 0 Å². The maximum Gasteiger partial charge on any atom is 0.0443 e. The Balaban J connectivity index is 2.55. The zero-order valence-electron chi connectivity index (χ0n) is 12.7. The first-order chi connectivity index (χ1) is 8.35. The molecule has 1 saturated carbocycles. The summed E-state index contributed by atoms with van der Waals surface area (Å²) in [7, 11) is 0. The predicted octanol–water partition coefficient (Wildman–Crippen LogP) is 2.23. The molecule has 0 spiro atoms. The van der Waals surface area contributed by atoms with E-state index in [9.17, 15) is 0 Å². The highest BCUT2D eigenvalue weighted by atomic mass is 16.3. The average molecular weight is 256 g/mol. The van der Waals surface area contributed by atoms with Gasteiger partial charge in [-0.15, -0.1) is 0 Å². The van der Waals surface area contributed by atoms with Crippen molar-refractivity contribution in [1.82, 2.24) is 4.90 Å². The van der Waals surface area contributed by atoms with Crippen molar-refractivity contribution in [3.63, 3.8) is 0 Å². The van der Waals surface area contributed by atoms with Crippen LogP contribution in [0, 0.1) is 11.3 Å². The Kier molecular flexibility index (Phi) is 6.09. The molecule has 0 bridgehead atoms. The Hall–Kier alpha value is -0.120. The van der Waals surface area contributed by atoms with Gasteiger partial charge in [0.1, 0.15) is 0 Å². The van der Waals surface area contributed by atoms with Crippen LogP contribution in [0.4, 0.5) is 0 Å². The van der Waals surface area contributed by atoms with Gasteiger partial charge in [-0.05, 0) is 50.9 Å². The minimum atomic E-state index is 0.283. The molecule has 0 amide bonds. The molecule has 1 fully saturated rings. The molecule has 0 saturated heterocycles. The number of aliphatic hydroxyl groups excluding tert-OH is 1. The maximum absolute atomic E-state index is 8.99. The van der Waals surface area contributed by atoms with Crippen LogP contribution >= 0.6 is 0 Å². The molecule has 18 heavy (non-hydrogen) atoms. The van der Waals surface area contributed by atoms with Gasteiger partial charge in [-0.1, -0.05) is 13.8 Å². The van der Waals surface area contributed by atoms with Crippen LogP contribution in [0.25, 0.3) is 0 Å². The lowest BCUT2D eigenvalue weighted by atomic mass is 9.70. The molecule has 0 radical (unpaired) electrons. The van der Waals surface area contributed by atoms with E-state index >= 15 is 0 Å². The maximum atomic E-state index is 8.99. The van der Waals surface area contributed by atoms with Crippen molar-refractivity contribution in [2.75, 3.05) is 19.7 Å². The van der Waals surface area contributed by atoms with E-state index in [-0.39, 0.29) is 6.61 Å². The zero-order chi connectivity index (χ0) is 13.8. The monoisotopic (exact) mass is 256 g/mol. The second kappa shape index (κ2) is 6.88. The lowest BCUT2D eigenvalue weighted by molar-refractivity contribution is 0.0958. The summed E-state index contributed by atoms with van der Waals surface area (Å²) < 4.78 is 0. The lowest BCUT2D eigenvalue weighted by Crippen LogP contribution is -2.47. The zero-order valence-corrected chi connectivity index (χ0v) is 12.7. The molecule has 108 valence electrons. The summed E-state index contributed by atoms with van der Waals surface area (Å²) in [5.74, 6) is 0.606. The largest absolute Gasteiger partial charge is 0.396 e. The van der Waals surface area contributed by atoms with Gasteiger partial charge in [0.2, 0.25) is 0 Å². The van der Waals surface area contributed by atoms with Gasteiger partial charge in [0, 0.05) is 31.8 Å². The molecule has 3 N–H and O–H groups in total. The van der Waals surface area contributed by atoms with Gasteiger partial charge < -0.3 is 15.7 Å². The summed E-state index contributed by atoms with van der Waals surface area (Å²) in [6.45, 7) is 11.5. The van der Waals surface area contributed by atoms with Crippen LogP contribution in [-0.2, 0) is 0 Å². The third-order valence-corrected chi connectivity index (χ3v) is 4.38. The Morgan fingerprint density at radius 1 is 1.39 bits per heavy atom. The van der Waals surface area contributed by atoms with E-state index in [1.165, 1.54) is 12.8 Å². The van der Waals surface area contributed by atoms with Crippen LogP contribution in [0.15, 0.2) is 0 Å². The highest BCUT2D eigenvalue weighted by molar-refractivity contribution is 4.89. The molecule has 0 heterocycles. The molecule has 0 aromatic rings. The lowest BCUT2D eigenvalue weighted by Gasteiger charge is -2.42. The molecule has 2 atom stereocenters. The minimum absolute atomic E-state index is 0.283. The fourth-order valence-corrected chi connectivity index (χ4v) is 3.09. The fourth-order valence-electron chi connectivity index (χ4n) is 3.09. The quantitative estimate of drug-likeness (QED) is 0.766. The normalized spacial score (nSPS) is 28.0. The Morgan fingerprint density at radius 3 is 2.61 bits per heavy atom. The molecule has 3 heteroatoms. The van der Waals surface area contributed by atoms with Crippen LogP contribution in [0.3, 0.4) is 0 Å². The molecular weight excluding hydrogens is 224 g/mol. The summed E-state index contributed by atoms with van der Waals surface area (Å²) in [5.41, 5.74) is 6.75. The van der Waals surface area contributed by atoms with Crippen molar-refractivity contribution in [3.8, 4) is 0 Å². The molecule has 3 nitrogen and oxygen atoms in total. The van der Waals surface area contributed by atoms with Crippen molar-refractivity contribution in [1.29, 1.82) is 0 Å². The number of rotatable bonds is 6. The van der Waals surface area contributed by atoms with E-state index in [2.05, 4.69) is 32.6 Å². The molecule has 0 aromatic heterocycles. The van der Waals surface area contributed by atoms with Gasteiger partial charge in [-0.2, -0.15) is 0 Å². The first-order valence-electron chi connectivity index (χ1n) is 7.46. The first kappa shape index (κ1) is 15.9. The molecule has 1 aliphatic carbocycles. The fraction of sp³-hybridized carbons (Fsp3) is 1.00. The van der Waals surface area contributed by atoms with Crippen LogP contribution in [-0.4, -0.2) is 41.8 Å². The highest BCUT2D eigenvalue weighted by Gasteiger charge is 2.34. The Morgan fingerprint density at radius 2 is 2.06 bits per heavy atom. The number of nitrogens with two attached hydrogens (primary N) is 1. The minimum Gasteiger partial charge on any atom is -0.396 e. The number of hydrogen-bond donors (Lipinski definition) is 2. The summed E-state index contributed by atoms with van der Waals surface area (Å²) in [4.78, 5) is 2.47. The van der Waals surface area contributed by atoms with Gasteiger partial charge in [-0.25, -0.2) is 0 Å². The van der Waals surface area contributed by atoms with Crippen LogP contribution in [0.2, 0.25) is 0 Å². The first-order valence-corrected chi connectivity index (χ1v) is 7.46. The van der Waals surface area contributed by atoms with Crippen molar-refractivity contribution >= 4 is 0 Å². The number of hydrogen-bond acceptors (Lipinski definition) is 3. The SMILES string of the molecule is CC(C)N(CCCO)CC1CC(C)(C)CCC1N. The predicted molar refractivity (Wildman–Crippen MR) is 77.5 cm³/mol. The van der Waals surface area contributed by atoms with E-state index in [0.717, 1.165) is 25.9 Å². The highest BCUT2D eigenvalue weighted by Crippen LogP contribution is 2.38. The smallest absolute Gasteiger partial charge is 0.0443 e. The van der Waals surface area contributed by atoms with Crippen molar-refractivity contribution in [2.24, 2.45) is 17.1 Å². The number of nitrogens with zero attached hydrogens (tertiary/aromatic N) is 1. The average Bonchev–Trinajstić information content (AvgIpc) is 2.28. The summed E-state index contributed by atoms with van der Waals surface area (Å²) >= 11 is 0. The summed E-state index contributed by atoms with van der Waals surface area (Å²) in [6, 6.07) is 0.891. The van der Waals surface area contributed by atoms with Gasteiger partial charge in [0.15, 0.2) is 0 Å². The van der Waals surface area contributed by atoms with Crippen molar-refractivity contribution < 1.29 is 5.11 Å². The van der Waals surface area contributed by atoms with E-state index in [1.54, 1.807) is 0 Å². The van der Waals surface area contributed by atoms with Gasteiger partial charge in [-0.3, -0.25) is 0 Å².